The molecule has 0 aromatic heterocycles. The summed E-state index contributed by atoms with van der Waals surface area (Å²) in [7, 11) is 2.22. The van der Waals surface area contributed by atoms with Gasteiger partial charge in [0, 0.05) is 24.7 Å². The molecule has 14 heavy (non-hydrogen) atoms. The van der Waals surface area contributed by atoms with E-state index < -0.39 is 0 Å². The summed E-state index contributed by atoms with van der Waals surface area (Å²) in [6.07, 6.45) is 4.06. The summed E-state index contributed by atoms with van der Waals surface area (Å²) >= 11 is 5.59. The van der Waals surface area contributed by atoms with Crippen molar-refractivity contribution in [3.8, 4) is 0 Å². The van der Waals surface area contributed by atoms with Gasteiger partial charge in [-0.1, -0.05) is 18.0 Å². The summed E-state index contributed by atoms with van der Waals surface area (Å²) in [6.45, 7) is 5.29. The number of hydrogen-bond acceptors (Lipinski definition) is 2. The molecule has 1 N–H and O–H groups in total. The molecule has 0 amide bonds. The zero-order valence-corrected chi connectivity index (χ0v) is 9.98. The molecule has 0 saturated carbocycles. The number of nitrogens with one attached hydrogen (secondary N) is 1. The molecule has 1 unspecified atom stereocenters. The van der Waals surface area contributed by atoms with E-state index in [0.29, 0.717) is 6.04 Å². The number of likely N-dealkylation sites (tertiary alicyclic amines) is 1. The highest BCUT2D eigenvalue weighted by Gasteiger charge is 2.17. The predicted molar refractivity (Wildman–Crippen MR) is 62.7 cm³/mol. The van der Waals surface area contributed by atoms with E-state index in [1.165, 1.54) is 31.4 Å². The van der Waals surface area contributed by atoms with Crippen LogP contribution < -0.4 is 5.32 Å². The van der Waals surface area contributed by atoms with Gasteiger partial charge in [0.1, 0.15) is 0 Å². The van der Waals surface area contributed by atoms with Crippen molar-refractivity contribution in [1.82, 2.24) is 10.2 Å². The summed E-state index contributed by atoms with van der Waals surface area (Å²) < 4.78 is 0. The van der Waals surface area contributed by atoms with E-state index in [2.05, 4.69) is 17.3 Å². The molecular formula is C11H21ClN2. The number of likely N-dealkylation sites (N-methyl/N-ethyl adjacent to an activating group) is 1. The highest BCUT2D eigenvalue weighted by molar-refractivity contribution is 6.25. The summed E-state index contributed by atoms with van der Waals surface area (Å²) in [6, 6.07) is 0.715. The second-order valence-corrected chi connectivity index (χ2v) is 4.43. The summed E-state index contributed by atoms with van der Waals surface area (Å²) in [4.78, 5) is 2.45. The number of rotatable bonds is 4. The quantitative estimate of drug-likeness (QED) is 0.775. The normalized spacial score (nSPS) is 25.4. The Morgan fingerprint density at radius 2 is 2.36 bits per heavy atom. The Bertz CT molecular complexity index is 192. The summed E-state index contributed by atoms with van der Waals surface area (Å²) in [5.74, 6) is 0. The Morgan fingerprint density at radius 3 is 3.00 bits per heavy atom. The minimum atomic E-state index is 0.715. The molecule has 2 nitrogen and oxygen atoms in total. The third kappa shape index (κ3) is 3.99. The molecule has 1 aliphatic heterocycles. The lowest BCUT2D eigenvalue weighted by molar-refractivity contribution is 0.183. The fraction of sp³-hybridized carbons (Fsp3) is 0.818. The SMILES string of the molecule is CC(=CCl)CNCC1CCCCN1C. The Kier molecular flexibility index (Phi) is 5.53. The van der Waals surface area contributed by atoms with Crippen molar-refractivity contribution < 1.29 is 0 Å². The molecule has 82 valence electrons. The maximum atomic E-state index is 5.59. The highest BCUT2D eigenvalue weighted by Crippen LogP contribution is 2.13. The Morgan fingerprint density at radius 1 is 1.57 bits per heavy atom. The smallest absolute Gasteiger partial charge is 0.0217 e. The van der Waals surface area contributed by atoms with Gasteiger partial charge in [0.15, 0.2) is 0 Å². The molecule has 0 bridgehead atoms. The van der Waals surface area contributed by atoms with Gasteiger partial charge < -0.3 is 10.2 Å². The van der Waals surface area contributed by atoms with Gasteiger partial charge in [-0.25, -0.2) is 0 Å². The van der Waals surface area contributed by atoms with Crippen LogP contribution in [-0.4, -0.2) is 37.6 Å². The van der Waals surface area contributed by atoms with Crippen molar-refractivity contribution in [3.63, 3.8) is 0 Å². The molecule has 1 saturated heterocycles. The van der Waals surface area contributed by atoms with Crippen LogP contribution in [0.4, 0.5) is 0 Å². The van der Waals surface area contributed by atoms with Crippen LogP contribution in [0.1, 0.15) is 26.2 Å². The van der Waals surface area contributed by atoms with Crippen molar-refractivity contribution >= 4 is 11.6 Å². The molecule has 1 fully saturated rings. The molecule has 0 radical (unpaired) electrons. The van der Waals surface area contributed by atoms with Gasteiger partial charge in [-0.3, -0.25) is 0 Å². The predicted octanol–water partition coefficient (Wildman–Crippen LogP) is 2.20. The molecule has 0 aliphatic carbocycles. The molecule has 0 aromatic carbocycles. The first-order valence-electron chi connectivity index (χ1n) is 5.41. The maximum absolute atomic E-state index is 5.59. The van der Waals surface area contributed by atoms with E-state index >= 15 is 0 Å². The lowest BCUT2D eigenvalue weighted by Crippen LogP contribution is -2.43. The monoisotopic (exact) mass is 216 g/mol. The van der Waals surface area contributed by atoms with Crippen LogP contribution in [0.15, 0.2) is 11.1 Å². The maximum Gasteiger partial charge on any atom is 0.0217 e. The van der Waals surface area contributed by atoms with Crippen LogP contribution in [0.2, 0.25) is 0 Å². The van der Waals surface area contributed by atoms with E-state index in [9.17, 15) is 0 Å². The second-order valence-electron chi connectivity index (χ2n) is 4.22. The first-order chi connectivity index (χ1) is 6.74. The van der Waals surface area contributed by atoms with Gasteiger partial charge in [-0.2, -0.15) is 0 Å². The molecule has 1 aliphatic rings. The van der Waals surface area contributed by atoms with Gasteiger partial charge in [0.25, 0.3) is 0 Å². The van der Waals surface area contributed by atoms with E-state index in [1.54, 1.807) is 5.54 Å². The minimum Gasteiger partial charge on any atom is -0.311 e. The largest absolute Gasteiger partial charge is 0.311 e. The fourth-order valence-corrected chi connectivity index (χ4v) is 1.95. The zero-order chi connectivity index (χ0) is 10.4. The van der Waals surface area contributed by atoms with Crippen molar-refractivity contribution in [2.75, 3.05) is 26.7 Å². The van der Waals surface area contributed by atoms with Crippen molar-refractivity contribution in [2.24, 2.45) is 0 Å². The van der Waals surface area contributed by atoms with Crippen LogP contribution in [0.5, 0.6) is 0 Å². The van der Waals surface area contributed by atoms with Crippen LogP contribution in [0.25, 0.3) is 0 Å². The van der Waals surface area contributed by atoms with Crippen molar-refractivity contribution in [1.29, 1.82) is 0 Å². The standard InChI is InChI=1S/C11H21ClN2/c1-10(7-12)8-13-9-11-5-3-4-6-14(11)2/h7,11,13H,3-6,8-9H2,1-2H3. The van der Waals surface area contributed by atoms with Crippen molar-refractivity contribution in [2.45, 2.75) is 32.2 Å². The van der Waals surface area contributed by atoms with Crippen molar-refractivity contribution in [3.05, 3.63) is 11.1 Å². The Balaban J connectivity index is 2.16. The fourth-order valence-electron chi connectivity index (χ4n) is 1.88. The number of nitrogens with zero attached hydrogens (tertiary/aromatic N) is 1. The number of halogens is 1. The van der Waals surface area contributed by atoms with Crippen LogP contribution in [0, 0.1) is 0 Å². The van der Waals surface area contributed by atoms with Gasteiger partial charge in [-0.15, -0.1) is 0 Å². The first kappa shape index (κ1) is 12.0. The zero-order valence-electron chi connectivity index (χ0n) is 9.22. The summed E-state index contributed by atoms with van der Waals surface area (Å²) in [5.41, 5.74) is 2.85. The highest BCUT2D eigenvalue weighted by atomic mass is 35.5. The molecule has 1 heterocycles. The van der Waals surface area contributed by atoms with Gasteiger partial charge >= 0.3 is 0 Å². The minimum absolute atomic E-state index is 0.715. The van der Waals surface area contributed by atoms with Crippen LogP contribution in [-0.2, 0) is 0 Å². The van der Waals surface area contributed by atoms with E-state index in [0.717, 1.165) is 13.1 Å². The lowest BCUT2D eigenvalue weighted by atomic mass is 10.0. The molecule has 3 heteroatoms. The third-order valence-electron chi connectivity index (χ3n) is 2.89. The molecule has 1 atom stereocenters. The topological polar surface area (TPSA) is 15.3 Å². The van der Waals surface area contributed by atoms with E-state index in [1.807, 2.05) is 6.92 Å². The third-order valence-corrected chi connectivity index (χ3v) is 3.26. The van der Waals surface area contributed by atoms with Gasteiger partial charge in [0.2, 0.25) is 0 Å². The van der Waals surface area contributed by atoms with Crippen LogP contribution in [0.3, 0.4) is 0 Å². The second kappa shape index (κ2) is 6.44. The lowest BCUT2D eigenvalue weighted by Gasteiger charge is -2.32. The number of piperidine rings is 1. The van der Waals surface area contributed by atoms with E-state index in [4.69, 9.17) is 11.6 Å². The average molecular weight is 217 g/mol. The number of hydrogen-bond donors (Lipinski definition) is 1. The van der Waals surface area contributed by atoms with Gasteiger partial charge in [-0.05, 0) is 38.9 Å². The Labute approximate surface area is 92.3 Å². The summed E-state index contributed by atoms with van der Waals surface area (Å²) in [5, 5.41) is 3.44. The Hall–Kier alpha value is -0.0500. The molecular weight excluding hydrogens is 196 g/mol. The van der Waals surface area contributed by atoms with Gasteiger partial charge in [0.05, 0.1) is 0 Å². The first-order valence-corrected chi connectivity index (χ1v) is 5.84. The molecule has 1 rings (SSSR count). The average Bonchev–Trinajstić information content (AvgIpc) is 2.20. The van der Waals surface area contributed by atoms with Crippen LogP contribution >= 0.6 is 11.6 Å². The van der Waals surface area contributed by atoms with E-state index in [-0.39, 0.29) is 0 Å². The molecule has 0 spiro atoms. The molecule has 0 aromatic rings.